The highest BCUT2D eigenvalue weighted by atomic mass is 35.5. The molecule has 0 atom stereocenters. The smallest absolute Gasteiger partial charge is 0.257 e. The number of carbonyl (C=O) groups is 1. The molecule has 0 bridgehead atoms. The van der Waals surface area contributed by atoms with Crippen LogP contribution in [-0.2, 0) is 10.0 Å². The van der Waals surface area contributed by atoms with Crippen LogP contribution in [0.25, 0.3) is 0 Å². The molecule has 1 amide bonds. The Balaban J connectivity index is 1.94. The van der Waals surface area contributed by atoms with Crippen LogP contribution in [0.15, 0.2) is 29.2 Å². The van der Waals surface area contributed by atoms with Gasteiger partial charge in [-0.2, -0.15) is 4.31 Å². The van der Waals surface area contributed by atoms with Gasteiger partial charge < -0.3 is 10.4 Å². The van der Waals surface area contributed by atoms with Crippen molar-refractivity contribution >= 4 is 44.8 Å². The first-order chi connectivity index (χ1) is 14.0. The number of halogens is 5. The van der Waals surface area contributed by atoms with E-state index >= 15 is 0 Å². The highest BCUT2D eigenvalue weighted by Gasteiger charge is 2.32. The van der Waals surface area contributed by atoms with Crippen molar-refractivity contribution in [2.45, 2.75) is 23.8 Å². The van der Waals surface area contributed by atoms with Gasteiger partial charge in [-0.15, -0.1) is 0 Å². The molecule has 1 aliphatic heterocycles. The standard InChI is InChI=1S/C18H15Cl2F3N2O4S/c19-12-8-14(21)16(30(28,29)25-3-1-10(26)2-4-25)7-11(12)18(27)24-9-5-13(20)17(23)15(22)6-9/h5-8,10,26H,1-4H2,(H,24,27). The zero-order valence-corrected chi connectivity index (χ0v) is 17.5. The van der Waals surface area contributed by atoms with Crippen LogP contribution in [0, 0.1) is 17.5 Å². The van der Waals surface area contributed by atoms with Gasteiger partial charge in [0.05, 0.1) is 21.7 Å². The molecule has 30 heavy (non-hydrogen) atoms. The van der Waals surface area contributed by atoms with Gasteiger partial charge >= 0.3 is 0 Å². The van der Waals surface area contributed by atoms with Gasteiger partial charge in [-0.25, -0.2) is 21.6 Å². The predicted molar refractivity (Wildman–Crippen MR) is 105 cm³/mol. The maximum atomic E-state index is 14.4. The minimum absolute atomic E-state index is 0.0134. The number of anilines is 1. The SMILES string of the molecule is O=C(Nc1cc(F)c(F)c(Cl)c1)c1cc(S(=O)(=O)N2CCC(O)CC2)c(F)cc1Cl. The molecule has 12 heteroatoms. The van der Waals surface area contributed by atoms with Crippen molar-refractivity contribution in [1.29, 1.82) is 0 Å². The molecule has 0 radical (unpaired) electrons. The summed E-state index contributed by atoms with van der Waals surface area (Å²) in [4.78, 5) is 11.8. The Hall–Kier alpha value is -1.85. The third-order valence-electron chi connectivity index (χ3n) is 4.55. The van der Waals surface area contributed by atoms with Gasteiger partial charge in [0.1, 0.15) is 10.7 Å². The Bertz CT molecular complexity index is 1080. The molecular formula is C18H15Cl2F3N2O4S. The third-order valence-corrected chi connectivity index (χ3v) is 7.05. The van der Waals surface area contributed by atoms with Gasteiger partial charge in [0.2, 0.25) is 10.0 Å². The second-order valence-corrected chi connectivity index (χ2v) is 9.33. The summed E-state index contributed by atoms with van der Waals surface area (Å²) in [5.41, 5.74) is -0.603. The Kier molecular flexibility index (Phi) is 6.63. The molecule has 2 aromatic rings. The molecule has 1 saturated heterocycles. The van der Waals surface area contributed by atoms with Gasteiger partial charge in [-0.1, -0.05) is 23.2 Å². The second-order valence-electron chi connectivity index (χ2n) is 6.61. The van der Waals surface area contributed by atoms with Gasteiger partial charge in [-0.3, -0.25) is 4.79 Å². The van der Waals surface area contributed by atoms with Crippen LogP contribution >= 0.6 is 23.2 Å². The number of hydrogen-bond acceptors (Lipinski definition) is 4. The summed E-state index contributed by atoms with van der Waals surface area (Å²) >= 11 is 11.4. The summed E-state index contributed by atoms with van der Waals surface area (Å²) in [5, 5.41) is 10.8. The van der Waals surface area contributed by atoms with Crippen molar-refractivity contribution in [3.63, 3.8) is 0 Å². The Morgan fingerprint density at radius 3 is 2.27 bits per heavy atom. The van der Waals surface area contributed by atoms with Crippen LogP contribution < -0.4 is 5.32 Å². The van der Waals surface area contributed by atoms with Crippen LogP contribution in [0.2, 0.25) is 10.0 Å². The molecule has 0 saturated carbocycles. The molecule has 6 nitrogen and oxygen atoms in total. The highest BCUT2D eigenvalue weighted by Crippen LogP contribution is 2.29. The summed E-state index contributed by atoms with van der Waals surface area (Å²) in [6.07, 6.45) is -0.257. The van der Waals surface area contributed by atoms with Gasteiger partial charge in [0.25, 0.3) is 5.91 Å². The minimum Gasteiger partial charge on any atom is -0.393 e. The molecule has 0 aromatic heterocycles. The van der Waals surface area contributed by atoms with E-state index < -0.39 is 55.0 Å². The number of aliphatic hydroxyl groups excluding tert-OH is 1. The molecule has 1 fully saturated rings. The molecule has 3 rings (SSSR count). The second kappa shape index (κ2) is 8.72. The molecule has 0 unspecified atom stereocenters. The van der Waals surface area contributed by atoms with E-state index in [4.69, 9.17) is 23.2 Å². The van der Waals surface area contributed by atoms with E-state index in [0.29, 0.717) is 12.1 Å². The number of piperidine rings is 1. The van der Waals surface area contributed by atoms with E-state index in [1.807, 2.05) is 0 Å². The van der Waals surface area contributed by atoms with E-state index in [-0.39, 0.29) is 36.6 Å². The van der Waals surface area contributed by atoms with Crippen LogP contribution in [-0.4, -0.2) is 42.9 Å². The number of amides is 1. The van der Waals surface area contributed by atoms with E-state index in [0.717, 1.165) is 16.4 Å². The summed E-state index contributed by atoms with van der Waals surface area (Å²) in [6, 6.07) is 3.08. The Morgan fingerprint density at radius 1 is 1.03 bits per heavy atom. The number of hydrogen-bond donors (Lipinski definition) is 2. The summed E-state index contributed by atoms with van der Waals surface area (Å²) < 4.78 is 67.8. The fraction of sp³-hybridized carbons (Fsp3) is 0.278. The monoisotopic (exact) mass is 482 g/mol. The van der Waals surface area contributed by atoms with Crippen LogP contribution in [0.3, 0.4) is 0 Å². The molecule has 2 N–H and O–H groups in total. The number of benzene rings is 2. The zero-order chi connectivity index (χ0) is 22.2. The average molecular weight is 483 g/mol. The van der Waals surface area contributed by atoms with Crippen molar-refractivity contribution in [2.24, 2.45) is 0 Å². The minimum atomic E-state index is -4.30. The molecule has 2 aromatic carbocycles. The summed E-state index contributed by atoms with van der Waals surface area (Å²) in [6.45, 7) is -0.0269. The summed E-state index contributed by atoms with van der Waals surface area (Å²) in [5.74, 6) is -4.74. The first-order valence-corrected chi connectivity index (χ1v) is 10.8. The lowest BCUT2D eigenvalue weighted by atomic mass is 10.1. The largest absolute Gasteiger partial charge is 0.393 e. The van der Waals surface area contributed by atoms with Crippen LogP contribution in [0.5, 0.6) is 0 Å². The maximum absolute atomic E-state index is 14.4. The topological polar surface area (TPSA) is 86.7 Å². The number of carbonyl (C=O) groups excluding carboxylic acids is 1. The Morgan fingerprint density at radius 2 is 1.67 bits per heavy atom. The van der Waals surface area contributed by atoms with Crippen molar-refractivity contribution in [3.05, 3.63) is 57.3 Å². The lowest BCUT2D eigenvalue weighted by molar-refractivity contribution is 0.102. The maximum Gasteiger partial charge on any atom is 0.257 e. The number of nitrogens with zero attached hydrogens (tertiary/aromatic N) is 1. The van der Waals surface area contributed by atoms with Crippen LogP contribution in [0.1, 0.15) is 23.2 Å². The van der Waals surface area contributed by atoms with Crippen molar-refractivity contribution in [1.82, 2.24) is 4.31 Å². The quantitative estimate of drug-likeness (QED) is 0.648. The first kappa shape index (κ1) is 22.8. The van der Waals surface area contributed by atoms with Gasteiger partial charge in [-0.05, 0) is 31.0 Å². The molecular weight excluding hydrogens is 468 g/mol. The average Bonchev–Trinajstić information content (AvgIpc) is 2.66. The molecule has 0 aliphatic carbocycles. The zero-order valence-electron chi connectivity index (χ0n) is 15.1. The predicted octanol–water partition coefficient (Wildman–Crippen LogP) is 3.81. The fourth-order valence-corrected chi connectivity index (χ4v) is 4.93. The van der Waals surface area contributed by atoms with Crippen molar-refractivity contribution < 1.29 is 31.5 Å². The highest BCUT2D eigenvalue weighted by molar-refractivity contribution is 7.89. The van der Waals surface area contributed by atoms with Crippen molar-refractivity contribution in [3.8, 4) is 0 Å². The van der Waals surface area contributed by atoms with Crippen molar-refractivity contribution in [2.75, 3.05) is 18.4 Å². The number of rotatable bonds is 4. The van der Waals surface area contributed by atoms with Gasteiger partial charge in [0.15, 0.2) is 11.6 Å². The number of aliphatic hydroxyl groups is 1. The first-order valence-electron chi connectivity index (χ1n) is 8.64. The molecule has 1 heterocycles. The van der Waals surface area contributed by atoms with Crippen LogP contribution in [0.4, 0.5) is 18.9 Å². The van der Waals surface area contributed by atoms with E-state index in [9.17, 15) is 31.5 Å². The van der Waals surface area contributed by atoms with E-state index in [1.54, 1.807) is 0 Å². The molecule has 1 aliphatic rings. The van der Waals surface area contributed by atoms with Gasteiger partial charge in [0, 0.05) is 24.8 Å². The van der Waals surface area contributed by atoms with E-state index in [1.165, 1.54) is 0 Å². The number of nitrogens with one attached hydrogen (secondary N) is 1. The number of sulfonamides is 1. The molecule has 162 valence electrons. The fourth-order valence-electron chi connectivity index (χ4n) is 2.95. The Labute approximate surface area is 180 Å². The van der Waals surface area contributed by atoms with E-state index in [2.05, 4.69) is 5.32 Å². The molecule has 0 spiro atoms. The normalized spacial score (nSPS) is 15.9. The summed E-state index contributed by atoms with van der Waals surface area (Å²) in [7, 11) is -4.30. The lowest BCUT2D eigenvalue weighted by Gasteiger charge is -2.29. The lowest BCUT2D eigenvalue weighted by Crippen LogP contribution is -2.40. The third kappa shape index (κ3) is 4.57.